The van der Waals surface area contributed by atoms with E-state index in [9.17, 15) is 9.18 Å². The molecule has 1 aliphatic carbocycles. The number of rotatable bonds is 4. The minimum atomic E-state index is -0.488. The largest absolute Gasteiger partial charge is 0.307 e. The summed E-state index contributed by atoms with van der Waals surface area (Å²) < 4.78 is 16.9. The zero-order chi connectivity index (χ0) is 21.8. The molecule has 2 aliphatic heterocycles. The van der Waals surface area contributed by atoms with E-state index in [0.29, 0.717) is 29.4 Å². The first-order valence-electron chi connectivity index (χ1n) is 11.3. The van der Waals surface area contributed by atoms with Crippen LogP contribution < -0.4 is 5.32 Å². The number of nitrogens with zero attached hydrogens (tertiary/aromatic N) is 5. The van der Waals surface area contributed by atoms with Crippen LogP contribution in [0, 0.1) is 5.82 Å². The summed E-state index contributed by atoms with van der Waals surface area (Å²) in [7, 11) is 0. The monoisotopic (exact) mass is 432 g/mol. The molecular formula is C24H25FN6O. The zero-order valence-electron chi connectivity index (χ0n) is 18.0. The van der Waals surface area contributed by atoms with E-state index in [1.54, 1.807) is 12.1 Å². The molecule has 0 unspecified atom stereocenters. The maximum Gasteiger partial charge on any atom is 0.259 e. The Bertz CT molecular complexity index is 1220. The third kappa shape index (κ3) is 3.39. The van der Waals surface area contributed by atoms with Crippen molar-refractivity contribution in [3.05, 3.63) is 58.7 Å². The van der Waals surface area contributed by atoms with Gasteiger partial charge in [0.05, 0.1) is 5.56 Å². The number of carbonyl (C=O) groups excluding carboxylic acids is 1. The van der Waals surface area contributed by atoms with Crippen molar-refractivity contribution in [2.45, 2.75) is 57.7 Å². The number of aryl methyl sites for hydroxylation is 1. The molecule has 0 saturated heterocycles. The topological polar surface area (TPSA) is 75.9 Å². The Morgan fingerprint density at radius 2 is 2.00 bits per heavy atom. The third-order valence-electron chi connectivity index (χ3n) is 6.85. The highest BCUT2D eigenvalue weighted by atomic mass is 19.1. The third-order valence-corrected chi connectivity index (χ3v) is 6.85. The van der Waals surface area contributed by atoms with E-state index in [0.717, 1.165) is 49.3 Å². The van der Waals surface area contributed by atoms with Crippen LogP contribution in [0.2, 0.25) is 0 Å². The maximum atomic E-state index is 14.8. The van der Waals surface area contributed by atoms with Crippen LogP contribution in [0.15, 0.2) is 30.3 Å². The number of halogens is 1. The van der Waals surface area contributed by atoms with Gasteiger partial charge in [-0.15, -0.1) is 10.2 Å². The normalized spacial score (nSPS) is 20.1. The van der Waals surface area contributed by atoms with Gasteiger partial charge < -0.3 is 9.88 Å². The first kappa shape index (κ1) is 19.5. The van der Waals surface area contributed by atoms with Crippen molar-refractivity contribution in [1.82, 2.24) is 24.6 Å². The minimum Gasteiger partial charge on any atom is -0.307 e. The van der Waals surface area contributed by atoms with Gasteiger partial charge in [-0.3, -0.25) is 9.69 Å². The molecule has 0 radical (unpaired) electrons. The van der Waals surface area contributed by atoms with E-state index >= 15 is 0 Å². The summed E-state index contributed by atoms with van der Waals surface area (Å²) in [5.74, 6) is 1.05. The van der Waals surface area contributed by atoms with E-state index in [-0.39, 0.29) is 5.56 Å². The van der Waals surface area contributed by atoms with E-state index in [4.69, 9.17) is 0 Å². The number of hydrogen-bond donors (Lipinski definition) is 1. The van der Waals surface area contributed by atoms with Crippen molar-refractivity contribution < 1.29 is 9.18 Å². The second kappa shape index (κ2) is 7.48. The molecule has 2 aromatic heterocycles. The highest BCUT2D eigenvalue weighted by Gasteiger charge is 2.32. The van der Waals surface area contributed by atoms with E-state index < -0.39 is 11.7 Å². The molecule has 164 valence electrons. The first-order chi connectivity index (χ1) is 15.6. The van der Waals surface area contributed by atoms with Crippen LogP contribution in [-0.2, 0) is 19.4 Å². The van der Waals surface area contributed by atoms with Gasteiger partial charge in [-0.25, -0.2) is 9.37 Å². The van der Waals surface area contributed by atoms with E-state index in [2.05, 4.69) is 36.9 Å². The van der Waals surface area contributed by atoms with Crippen LogP contribution >= 0.6 is 0 Å². The van der Waals surface area contributed by atoms with Crippen molar-refractivity contribution >= 4 is 11.7 Å². The number of amides is 1. The Balaban J connectivity index is 1.25. The number of pyridine rings is 1. The van der Waals surface area contributed by atoms with Crippen LogP contribution in [0.3, 0.4) is 0 Å². The molecule has 1 atom stereocenters. The fraction of sp³-hybridized carbons (Fsp3) is 0.417. The number of anilines is 1. The lowest BCUT2D eigenvalue weighted by atomic mass is 9.96. The van der Waals surface area contributed by atoms with Crippen molar-refractivity contribution in [1.29, 1.82) is 0 Å². The van der Waals surface area contributed by atoms with Gasteiger partial charge in [0.1, 0.15) is 23.2 Å². The summed E-state index contributed by atoms with van der Waals surface area (Å²) in [6, 6.07) is 9.58. The molecule has 6 rings (SSSR count). The SMILES string of the molecule is C[C@@H]1CCc2nnc(-c3cccc(NC(=O)c4cc5c(cc4F)CCN(C4CC4)C5)n3)n21. The van der Waals surface area contributed by atoms with Gasteiger partial charge in [0, 0.05) is 31.6 Å². The molecule has 32 heavy (non-hydrogen) atoms. The molecule has 1 amide bonds. The Kier molecular flexibility index (Phi) is 4.57. The Labute approximate surface area is 185 Å². The molecule has 1 N–H and O–H groups in total. The zero-order valence-corrected chi connectivity index (χ0v) is 18.0. The standard InChI is InChI=1S/C24H25FN6O/c1-14-5-8-22-28-29-23(31(14)22)20-3-2-4-21(26-20)27-24(32)18-11-16-13-30(17-6-7-17)10-9-15(16)12-19(18)25/h2-4,11-12,14,17H,5-10,13H2,1H3,(H,26,27,32)/t14-/m1/s1. The molecule has 1 aromatic carbocycles. The molecule has 1 fully saturated rings. The van der Waals surface area contributed by atoms with Gasteiger partial charge in [0.25, 0.3) is 5.91 Å². The lowest BCUT2D eigenvalue weighted by Gasteiger charge is -2.29. The van der Waals surface area contributed by atoms with E-state index in [1.807, 2.05) is 12.1 Å². The van der Waals surface area contributed by atoms with Crippen molar-refractivity contribution in [2.75, 3.05) is 11.9 Å². The van der Waals surface area contributed by atoms with Gasteiger partial charge in [0.15, 0.2) is 5.82 Å². The van der Waals surface area contributed by atoms with Gasteiger partial charge >= 0.3 is 0 Å². The first-order valence-corrected chi connectivity index (χ1v) is 11.3. The molecule has 8 heteroatoms. The molecule has 3 aliphatic rings. The van der Waals surface area contributed by atoms with Crippen LogP contribution in [0.4, 0.5) is 10.2 Å². The number of aromatic nitrogens is 4. The highest BCUT2D eigenvalue weighted by Crippen LogP contribution is 2.33. The van der Waals surface area contributed by atoms with Crippen LogP contribution in [0.5, 0.6) is 0 Å². The van der Waals surface area contributed by atoms with Crippen molar-refractivity contribution in [3.63, 3.8) is 0 Å². The molecule has 4 heterocycles. The predicted octanol–water partition coefficient (Wildman–Crippen LogP) is 3.76. The van der Waals surface area contributed by atoms with Gasteiger partial charge in [-0.05, 0) is 68.0 Å². The van der Waals surface area contributed by atoms with Crippen LogP contribution in [-0.4, -0.2) is 43.1 Å². The molecule has 1 saturated carbocycles. The quantitative estimate of drug-likeness (QED) is 0.679. The number of fused-ring (bicyclic) bond motifs is 2. The number of carbonyl (C=O) groups is 1. The number of nitrogens with one attached hydrogen (secondary N) is 1. The average Bonchev–Trinajstić information content (AvgIpc) is 3.45. The van der Waals surface area contributed by atoms with Crippen LogP contribution in [0.25, 0.3) is 11.5 Å². The van der Waals surface area contributed by atoms with Gasteiger partial charge in [0.2, 0.25) is 0 Å². The second-order valence-electron chi connectivity index (χ2n) is 9.11. The summed E-state index contributed by atoms with van der Waals surface area (Å²) in [6.07, 6.45) is 5.24. The molecule has 3 aromatic rings. The summed E-state index contributed by atoms with van der Waals surface area (Å²) in [5.41, 5.74) is 2.75. The molecular weight excluding hydrogens is 407 g/mol. The Morgan fingerprint density at radius 1 is 1.12 bits per heavy atom. The van der Waals surface area contributed by atoms with Crippen molar-refractivity contribution in [3.8, 4) is 11.5 Å². The second-order valence-corrected chi connectivity index (χ2v) is 9.11. The Hall–Kier alpha value is -3.13. The smallest absolute Gasteiger partial charge is 0.259 e. The van der Waals surface area contributed by atoms with Gasteiger partial charge in [-0.2, -0.15) is 0 Å². The molecule has 0 bridgehead atoms. The minimum absolute atomic E-state index is 0.0607. The summed E-state index contributed by atoms with van der Waals surface area (Å²) in [5, 5.41) is 11.3. The number of benzene rings is 1. The summed E-state index contributed by atoms with van der Waals surface area (Å²) >= 11 is 0. The summed E-state index contributed by atoms with van der Waals surface area (Å²) in [4.78, 5) is 20.0. The van der Waals surface area contributed by atoms with Gasteiger partial charge in [-0.1, -0.05) is 6.07 Å². The maximum absolute atomic E-state index is 14.8. The lowest BCUT2D eigenvalue weighted by molar-refractivity contribution is 0.102. The highest BCUT2D eigenvalue weighted by molar-refractivity contribution is 6.04. The number of hydrogen-bond acceptors (Lipinski definition) is 5. The molecule has 7 nitrogen and oxygen atoms in total. The van der Waals surface area contributed by atoms with E-state index in [1.165, 1.54) is 18.9 Å². The summed E-state index contributed by atoms with van der Waals surface area (Å²) in [6.45, 7) is 3.88. The Morgan fingerprint density at radius 3 is 2.84 bits per heavy atom. The predicted molar refractivity (Wildman–Crippen MR) is 118 cm³/mol. The lowest BCUT2D eigenvalue weighted by Crippen LogP contribution is -2.32. The molecule has 0 spiro atoms. The fourth-order valence-corrected chi connectivity index (χ4v) is 4.94. The fourth-order valence-electron chi connectivity index (χ4n) is 4.94. The van der Waals surface area contributed by atoms with Crippen LogP contribution in [0.1, 0.15) is 59.5 Å². The van der Waals surface area contributed by atoms with Crippen molar-refractivity contribution in [2.24, 2.45) is 0 Å². The average molecular weight is 433 g/mol.